The lowest BCUT2D eigenvalue weighted by atomic mass is 9.82. The van der Waals surface area contributed by atoms with Gasteiger partial charge in [-0.1, -0.05) is 36.8 Å². The summed E-state index contributed by atoms with van der Waals surface area (Å²) < 4.78 is 5.62. The molecule has 4 heteroatoms. The molecule has 1 aromatic heterocycles. The van der Waals surface area contributed by atoms with Crippen molar-refractivity contribution in [2.75, 3.05) is 13.2 Å². The predicted molar refractivity (Wildman–Crippen MR) is 111 cm³/mol. The van der Waals surface area contributed by atoms with Crippen molar-refractivity contribution in [2.24, 2.45) is 5.92 Å². The Morgan fingerprint density at radius 1 is 1.14 bits per heavy atom. The summed E-state index contributed by atoms with van der Waals surface area (Å²) in [5, 5.41) is 1.28. The molecule has 1 aliphatic carbocycles. The van der Waals surface area contributed by atoms with Crippen molar-refractivity contribution in [3.05, 3.63) is 65.4 Å². The molecule has 0 unspecified atom stereocenters. The van der Waals surface area contributed by atoms with Crippen LogP contribution in [-0.2, 0) is 11.2 Å². The van der Waals surface area contributed by atoms with Crippen molar-refractivity contribution in [3.8, 4) is 5.75 Å². The molecule has 28 heavy (non-hydrogen) atoms. The summed E-state index contributed by atoms with van der Waals surface area (Å²) in [6, 6.07) is 16.7. The van der Waals surface area contributed by atoms with E-state index in [-0.39, 0.29) is 12.0 Å². The van der Waals surface area contributed by atoms with Crippen molar-refractivity contribution in [1.82, 2.24) is 9.88 Å². The number of fused-ring (bicyclic) bond motifs is 3. The van der Waals surface area contributed by atoms with Gasteiger partial charge in [-0.3, -0.25) is 4.79 Å². The van der Waals surface area contributed by atoms with Gasteiger partial charge in [-0.05, 0) is 55.5 Å². The number of nitrogens with one attached hydrogen (secondary N) is 1. The van der Waals surface area contributed by atoms with Gasteiger partial charge in [0.25, 0.3) is 0 Å². The second kappa shape index (κ2) is 7.01. The van der Waals surface area contributed by atoms with Crippen LogP contribution in [0.25, 0.3) is 10.9 Å². The van der Waals surface area contributed by atoms with Crippen LogP contribution in [0.5, 0.6) is 5.75 Å². The Bertz CT molecular complexity index is 1000. The van der Waals surface area contributed by atoms with Gasteiger partial charge in [-0.2, -0.15) is 0 Å². The van der Waals surface area contributed by atoms with Gasteiger partial charge in [-0.25, -0.2) is 0 Å². The molecule has 1 saturated carbocycles. The topological polar surface area (TPSA) is 45.3 Å². The molecule has 1 fully saturated rings. The zero-order chi connectivity index (χ0) is 19.1. The van der Waals surface area contributed by atoms with Crippen LogP contribution in [0.2, 0.25) is 0 Å². The van der Waals surface area contributed by atoms with Crippen molar-refractivity contribution in [2.45, 2.75) is 38.6 Å². The van der Waals surface area contributed by atoms with Crippen LogP contribution in [0.1, 0.15) is 49.0 Å². The van der Waals surface area contributed by atoms with E-state index in [4.69, 9.17) is 4.74 Å². The molecule has 0 radical (unpaired) electrons. The van der Waals surface area contributed by atoms with E-state index in [2.05, 4.69) is 46.3 Å². The van der Waals surface area contributed by atoms with Gasteiger partial charge < -0.3 is 14.6 Å². The van der Waals surface area contributed by atoms with Crippen molar-refractivity contribution in [1.29, 1.82) is 0 Å². The molecule has 2 aliphatic rings. The van der Waals surface area contributed by atoms with Gasteiger partial charge in [-0.15, -0.1) is 0 Å². The molecule has 0 spiro atoms. The van der Waals surface area contributed by atoms with Crippen LogP contribution in [0.4, 0.5) is 0 Å². The second-order valence-electron chi connectivity index (χ2n) is 7.88. The Kier molecular flexibility index (Phi) is 4.34. The summed E-state index contributed by atoms with van der Waals surface area (Å²) in [5.74, 6) is 1.39. The molecule has 2 aromatic carbocycles. The average molecular weight is 374 g/mol. The molecule has 4 nitrogen and oxygen atoms in total. The Hall–Kier alpha value is -2.75. The van der Waals surface area contributed by atoms with Crippen molar-refractivity contribution in [3.63, 3.8) is 0 Å². The molecule has 1 aliphatic heterocycles. The van der Waals surface area contributed by atoms with E-state index in [9.17, 15) is 4.79 Å². The molecular weight excluding hydrogens is 348 g/mol. The highest BCUT2D eigenvalue weighted by Crippen LogP contribution is 2.41. The molecule has 1 amide bonds. The fraction of sp³-hybridized carbons (Fsp3) is 0.375. The zero-order valence-corrected chi connectivity index (χ0v) is 16.3. The van der Waals surface area contributed by atoms with E-state index < -0.39 is 0 Å². The first-order valence-corrected chi connectivity index (χ1v) is 10.4. The molecule has 2 heterocycles. The number of aromatic amines is 1. The molecule has 1 atom stereocenters. The SMILES string of the molecule is CCOc1ccc([C@@H]2c3[nH]c4ccccc4c3CCN2C(=O)C2CCC2)cc1. The first-order valence-electron chi connectivity index (χ1n) is 10.4. The standard InChI is InChI=1S/C24H26N2O2/c1-2-28-18-12-10-16(11-13-18)23-22-20(19-8-3-4-9-21(19)25-22)14-15-26(23)24(27)17-6-5-7-17/h3-4,8-13,17,23,25H,2,5-7,14-15H2,1H3/t23-/m1/s1. The molecular formula is C24H26N2O2. The molecule has 5 rings (SSSR count). The number of nitrogens with zero attached hydrogens (tertiary/aromatic N) is 1. The summed E-state index contributed by atoms with van der Waals surface area (Å²) in [7, 11) is 0. The quantitative estimate of drug-likeness (QED) is 0.710. The largest absolute Gasteiger partial charge is 0.494 e. The third-order valence-electron chi connectivity index (χ3n) is 6.28. The predicted octanol–water partition coefficient (Wildman–Crippen LogP) is 4.84. The number of aromatic nitrogens is 1. The van der Waals surface area contributed by atoms with Crippen LogP contribution >= 0.6 is 0 Å². The average Bonchev–Trinajstić information content (AvgIpc) is 3.05. The van der Waals surface area contributed by atoms with Gasteiger partial charge in [0.15, 0.2) is 0 Å². The first kappa shape index (κ1) is 17.4. The lowest BCUT2D eigenvalue weighted by Crippen LogP contribution is -2.45. The maximum absolute atomic E-state index is 13.2. The Balaban J connectivity index is 1.60. The van der Waals surface area contributed by atoms with E-state index in [0.29, 0.717) is 12.5 Å². The summed E-state index contributed by atoms with van der Waals surface area (Å²) in [4.78, 5) is 19.0. The van der Waals surface area contributed by atoms with Crippen LogP contribution in [0, 0.1) is 5.92 Å². The Morgan fingerprint density at radius 3 is 2.64 bits per heavy atom. The van der Waals surface area contributed by atoms with Gasteiger partial charge in [0.2, 0.25) is 5.91 Å². The van der Waals surface area contributed by atoms with Crippen molar-refractivity contribution < 1.29 is 9.53 Å². The number of H-pyrrole nitrogens is 1. The van der Waals surface area contributed by atoms with Gasteiger partial charge in [0.1, 0.15) is 5.75 Å². The highest BCUT2D eigenvalue weighted by atomic mass is 16.5. The third kappa shape index (κ3) is 2.79. The molecule has 144 valence electrons. The van der Waals surface area contributed by atoms with E-state index >= 15 is 0 Å². The number of ether oxygens (including phenoxy) is 1. The van der Waals surface area contributed by atoms with E-state index in [0.717, 1.165) is 42.6 Å². The zero-order valence-electron chi connectivity index (χ0n) is 16.3. The highest BCUT2D eigenvalue weighted by Gasteiger charge is 2.38. The minimum atomic E-state index is -0.0556. The number of rotatable bonds is 4. The van der Waals surface area contributed by atoms with Crippen molar-refractivity contribution >= 4 is 16.8 Å². The number of carbonyl (C=O) groups is 1. The fourth-order valence-corrected chi connectivity index (χ4v) is 4.63. The number of para-hydroxylation sites is 1. The number of amides is 1. The number of benzene rings is 2. The molecule has 0 saturated heterocycles. The van der Waals surface area contributed by atoms with Crippen LogP contribution in [-0.4, -0.2) is 28.9 Å². The molecule has 1 N–H and O–H groups in total. The minimum Gasteiger partial charge on any atom is -0.494 e. The van der Waals surface area contributed by atoms with E-state index in [1.54, 1.807) is 0 Å². The number of hydrogen-bond donors (Lipinski definition) is 1. The van der Waals surface area contributed by atoms with Gasteiger partial charge >= 0.3 is 0 Å². The smallest absolute Gasteiger partial charge is 0.226 e. The fourth-order valence-electron chi connectivity index (χ4n) is 4.63. The maximum atomic E-state index is 13.2. The summed E-state index contributed by atoms with van der Waals surface area (Å²) in [6.45, 7) is 3.42. The highest BCUT2D eigenvalue weighted by molar-refractivity contribution is 5.87. The van der Waals surface area contributed by atoms with Gasteiger partial charge in [0, 0.05) is 29.1 Å². The molecule has 0 bridgehead atoms. The summed E-state index contributed by atoms with van der Waals surface area (Å²) >= 11 is 0. The lowest BCUT2D eigenvalue weighted by molar-refractivity contribution is -0.140. The number of hydrogen-bond acceptors (Lipinski definition) is 2. The van der Waals surface area contributed by atoms with E-state index in [1.165, 1.54) is 23.1 Å². The number of carbonyl (C=O) groups excluding carboxylic acids is 1. The minimum absolute atomic E-state index is 0.0556. The van der Waals surface area contributed by atoms with Crippen LogP contribution in [0.15, 0.2) is 48.5 Å². The summed E-state index contributed by atoms with van der Waals surface area (Å²) in [6.07, 6.45) is 4.15. The van der Waals surface area contributed by atoms with Gasteiger partial charge in [0.05, 0.1) is 12.6 Å². The van der Waals surface area contributed by atoms with E-state index in [1.807, 2.05) is 19.1 Å². The Labute approximate surface area is 165 Å². The summed E-state index contributed by atoms with van der Waals surface area (Å²) in [5.41, 5.74) is 4.82. The first-order chi connectivity index (χ1) is 13.8. The van der Waals surface area contributed by atoms with Crippen LogP contribution in [0.3, 0.4) is 0 Å². The maximum Gasteiger partial charge on any atom is 0.226 e. The van der Waals surface area contributed by atoms with Crippen LogP contribution < -0.4 is 4.74 Å². The Morgan fingerprint density at radius 2 is 1.93 bits per heavy atom. The second-order valence-corrected chi connectivity index (χ2v) is 7.88. The lowest BCUT2D eigenvalue weighted by Gasteiger charge is -2.40. The molecule has 3 aromatic rings. The normalized spacial score (nSPS) is 19.3. The third-order valence-corrected chi connectivity index (χ3v) is 6.28. The monoisotopic (exact) mass is 374 g/mol.